The molecule has 0 bridgehead atoms. The molecule has 0 fully saturated rings. The van der Waals surface area contributed by atoms with Crippen molar-refractivity contribution in [3.05, 3.63) is 35.9 Å². The lowest BCUT2D eigenvalue weighted by Crippen LogP contribution is -2.36. The number of hydrogen-bond donors (Lipinski definition) is 0. The number of nitrogens with zero attached hydrogens (tertiary/aromatic N) is 1. The number of rotatable bonds is 8. The van der Waals surface area contributed by atoms with E-state index in [0.717, 1.165) is 5.56 Å². The van der Waals surface area contributed by atoms with Gasteiger partial charge in [-0.25, -0.2) is 0 Å². The second kappa shape index (κ2) is 8.66. The van der Waals surface area contributed by atoms with Crippen LogP contribution in [0.3, 0.4) is 0 Å². The summed E-state index contributed by atoms with van der Waals surface area (Å²) in [6, 6.07) is 9.92. The first-order valence-electron chi connectivity index (χ1n) is 6.16. The molecule has 0 aliphatic heterocycles. The van der Waals surface area contributed by atoms with E-state index in [0.29, 0.717) is 26.3 Å². The zero-order valence-electron chi connectivity index (χ0n) is 11.1. The van der Waals surface area contributed by atoms with Crippen molar-refractivity contribution in [2.45, 2.75) is 13.5 Å². The predicted octanol–water partition coefficient (Wildman–Crippen LogP) is 1.70. The smallest absolute Gasteiger partial charge is 0.248 e. The van der Waals surface area contributed by atoms with E-state index in [4.69, 9.17) is 9.47 Å². The van der Waals surface area contributed by atoms with Gasteiger partial charge in [0.2, 0.25) is 5.91 Å². The number of benzene rings is 1. The van der Waals surface area contributed by atoms with Crippen LogP contribution >= 0.6 is 0 Å². The number of methoxy groups -OCH3 is 1. The number of ether oxygens (including phenoxy) is 2. The maximum absolute atomic E-state index is 12.0. The fourth-order valence-corrected chi connectivity index (χ4v) is 1.58. The Kier molecular flexibility index (Phi) is 7.06. The highest BCUT2D eigenvalue weighted by Gasteiger charge is 2.13. The molecule has 1 aromatic rings. The maximum Gasteiger partial charge on any atom is 0.248 e. The molecular weight excluding hydrogens is 230 g/mol. The normalized spacial score (nSPS) is 10.3. The van der Waals surface area contributed by atoms with Gasteiger partial charge in [0, 0.05) is 26.8 Å². The molecule has 4 heteroatoms. The Morgan fingerprint density at radius 3 is 2.61 bits per heavy atom. The summed E-state index contributed by atoms with van der Waals surface area (Å²) in [6.07, 6.45) is 0. The quantitative estimate of drug-likeness (QED) is 0.706. The predicted molar refractivity (Wildman–Crippen MR) is 70.2 cm³/mol. The Labute approximate surface area is 108 Å². The first kappa shape index (κ1) is 14.7. The SMILES string of the molecule is CCOCC(=O)N(CCOC)Cc1ccccc1. The molecule has 1 amide bonds. The lowest BCUT2D eigenvalue weighted by molar-refractivity contribution is -0.137. The van der Waals surface area contributed by atoms with Crippen LogP contribution in [0.15, 0.2) is 30.3 Å². The van der Waals surface area contributed by atoms with Crippen LogP contribution in [0.2, 0.25) is 0 Å². The molecule has 18 heavy (non-hydrogen) atoms. The molecule has 1 aromatic carbocycles. The standard InChI is InChI=1S/C14H21NO3/c1-3-18-12-14(16)15(9-10-17-2)11-13-7-5-4-6-8-13/h4-8H,3,9-12H2,1-2H3. The van der Waals surface area contributed by atoms with Crippen molar-refractivity contribution in [3.8, 4) is 0 Å². The van der Waals surface area contributed by atoms with Crippen LogP contribution in [0.1, 0.15) is 12.5 Å². The third-order valence-electron chi connectivity index (χ3n) is 2.56. The van der Waals surface area contributed by atoms with Gasteiger partial charge in [0.25, 0.3) is 0 Å². The zero-order valence-corrected chi connectivity index (χ0v) is 11.1. The number of carbonyl (C=O) groups excluding carboxylic acids is 1. The van der Waals surface area contributed by atoms with Gasteiger partial charge < -0.3 is 14.4 Å². The van der Waals surface area contributed by atoms with Crippen molar-refractivity contribution in [1.29, 1.82) is 0 Å². The lowest BCUT2D eigenvalue weighted by Gasteiger charge is -2.22. The fourth-order valence-electron chi connectivity index (χ4n) is 1.58. The molecule has 0 radical (unpaired) electrons. The minimum atomic E-state index is -0.00208. The summed E-state index contributed by atoms with van der Waals surface area (Å²) in [5.41, 5.74) is 1.11. The molecule has 0 saturated carbocycles. The van der Waals surface area contributed by atoms with E-state index in [1.54, 1.807) is 12.0 Å². The molecule has 0 atom stereocenters. The maximum atomic E-state index is 12.0. The highest BCUT2D eigenvalue weighted by molar-refractivity contribution is 5.77. The van der Waals surface area contributed by atoms with Gasteiger partial charge in [-0.15, -0.1) is 0 Å². The molecule has 1 rings (SSSR count). The average molecular weight is 251 g/mol. The van der Waals surface area contributed by atoms with Crippen LogP contribution in [0.5, 0.6) is 0 Å². The summed E-state index contributed by atoms with van der Waals surface area (Å²) in [5.74, 6) is -0.00208. The van der Waals surface area contributed by atoms with Crippen molar-refractivity contribution in [1.82, 2.24) is 4.90 Å². The van der Waals surface area contributed by atoms with Gasteiger partial charge >= 0.3 is 0 Å². The van der Waals surface area contributed by atoms with E-state index in [-0.39, 0.29) is 12.5 Å². The van der Waals surface area contributed by atoms with E-state index in [1.807, 2.05) is 37.3 Å². The summed E-state index contributed by atoms with van der Waals surface area (Å²) in [6.45, 7) is 4.27. The Morgan fingerprint density at radius 1 is 1.28 bits per heavy atom. The average Bonchev–Trinajstić information content (AvgIpc) is 2.42. The second-order valence-electron chi connectivity index (χ2n) is 3.93. The van der Waals surface area contributed by atoms with E-state index < -0.39 is 0 Å². The van der Waals surface area contributed by atoms with Crippen molar-refractivity contribution >= 4 is 5.91 Å². The molecule has 0 N–H and O–H groups in total. The van der Waals surface area contributed by atoms with Gasteiger partial charge in [0.1, 0.15) is 6.61 Å². The summed E-state index contributed by atoms with van der Waals surface area (Å²) in [7, 11) is 1.63. The Hall–Kier alpha value is -1.39. The van der Waals surface area contributed by atoms with Gasteiger partial charge in [-0.1, -0.05) is 30.3 Å². The minimum Gasteiger partial charge on any atom is -0.383 e. The highest BCUT2D eigenvalue weighted by atomic mass is 16.5. The molecule has 0 aliphatic carbocycles. The first-order valence-corrected chi connectivity index (χ1v) is 6.16. The van der Waals surface area contributed by atoms with Crippen LogP contribution in [0.4, 0.5) is 0 Å². The summed E-state index contributed by atoms with van der Waals surface area (Å²) >= 11 is 0. The van der Waals surface area contributed by atoms with Crippen LogP contribution in [0, 0.1) is 0 Å². The third-order valence-corrected chi connectivity index (χ3v) is 2.56. The van der Waals surface area contributed by atoms with Crippen LogP contribution in [-0.2, 0) is 20.8 Å². The van der Waals surface area contributed by atoms with Crippen molar-refractivity contribution in [3.63, 3.8) is 0 Å². The molecule has 0 spiro atoms. The number of carbonyl (C=O) groups is 1. The molecule has 0 saturated heterocycles. The first-order chi connectivity index (χ1) is 8.77. The Morgan fingerprint density at radius 2 is 2.00 bits per heavy atom. The molecule has 0 heterocycles. The van der Waals surface area contributed by atoms with Gasteiger partial charge in [-0.3, -0.25) is 4.79 Å². The number of hydrogen-bond acceptors (Lipinski definition) is 3. The summed E-state index contributed by atoms with van der Waals surface area (Å²) in [4.78, 5) is 13.7. The summed E-state index contributed by atoms with van der Waals surface area (Å²) in [5, 5.41) is 0. The Balaban J connectivity index is 2.57. The monoisotopic (exact) mass is 251 g/mol. The minimum absolute atomic E-state index is 0.00208. The van der Waals surface area contributed by atoms with Gasteiger partial charge in [0.05, 0.1) is 6.61 Å². The fraction of sp³-hybridized carbons (Fsp3) is 0.500. The van der Waals surface area contributed by atoms with E-state index in [2.05, 4.69) is 0 Å². The topological polar surface area (TPSA) is 38.8 Å². The lowest BCUT2D eigenvalue weighted by atomic mass is 10.2. The third kappa shape index (κ3) is 5.29. The summed E-state index contributed by atoms with van der Waals surface area (Å²) < 4.78 is 10.2. The van der Waals surface area contributed by atoms with E-state index >= 15 is 0 Å². The molecule has 100 valence electrons. The van der Waals surface area contributed by atoms with Crippen molar-refractivity contribution in [2.24, 2.45) is 0 Å². The van der Waals surface area contributed by atoms with Gasteiger partial charge in [-0.05, 0) is 12.5 Å². The molecule has 0 unspecified atom stereocenters. The molecule has 4 nitrogen and oxygen atoms in total. The molecule has 0 aromatic heterocycles. The van der Waals surface area contributed by atoms with Crippen LogP contribution < -0.4 is 0 Å². The zero-order chi connectivity index (χ0) is 13.2. The van der Waals surface area contributed by atoms with Crippen LogP contribution in [0.25, 0.3) is 0 Å². The van der Waals surface area contributed by atoms with E-state index in [9.17, 15) is 4.79 Å². The van der Waals surface area contributed by atoms with E-state index in [1.165, 1.54) is 0 Å². The highest BCUT2D eigenvalue weighted by Crippen LogP contribution is 2.05. The number of amides is 1. The largest absolute Gasteiger partial charge is 0.383 e. The van der Waals surface area contributed by atoms with Crippen molar-refractivity contribution in [2.75, 3.05) is 33.5 Å². The van der Waals surface area contributed by atoms with Gasteiger partial charge in [0.15, 0.2) is 0 Å². The Bertz CT molecular complexity index is 340. The molecular formula is C14H21NO3. The van der Waals surface area contributed by atoms with Crippen molar-refractivity contribution < 1.29 is 14.3 Å². The second-order valence-corrected chi connectivity index (χ2v) is 3.93. The molecule has 0 aliphatic rings. The van der Waals surface area contributed by atoms with Gasteiger partial charge in [-0.2, -0.15) is 0 Å². The van der Waals surface area contributed by atoms with Crippen LogP contribution in [-0.4, -0.2) is 44.3 Å².